The van der Waals surface area contributed by atoms with Crippen LogP contribution in [0.5, 0.6) is 11.5 Å². The number of ether oxygens (including phenoxy) is 2. The molecule has 0 saturated heterocycles. The SMILES string of the molecule is COc1cc(NC(CN)c2ccccc2OC)ccc1F. The second-order valence-corrected chi connectivity index (χ2v) is 4.52. The Morgan fingerprint density at radius 2 is 1.81 bits per heavy atom. The highest BCUT2D eigenvalue weighted by Gasteiger charge is 2.15. The van der Waals surface area contributed by atoms with Crippen LogP contribution >= 0.6 is 0 Å². The summed E-state index contributed by atoms with van der Waals surface area (Å²) < 4.78 is 23.8. The molecule has 3 N–H and O–H groups in total. The van der Waals surface area contributed by atoms with Crippen molar-refractivity contribution in [3.63, 3.8) is 0 Å². The molecule has 0 aliphatic rings. The van der Waals surface area contributed by atoms with Crippen molar-refractivity contribution < 1.29 is 13.9 Å². The van der Waals surface area contributed by atoms with Crippen LogP contribution in [0.1, 0.15) is 11.6 Å². The molecule has 0 saturated carbocycles. The quantitative estimate of drug-likeness (QED) is 0.859. The lowest BCUT2D eigenvalue weighted by molar-refractivity contribution is 0.386. The maximum absolute atomic E-state index is 13.4. The fraction of sp³-hybridized carbons (Fsp3) is 0.250. The smallest absolute Gasteiger partial charge is 0.165 e. The summed E-state index contributed by atoms with van der Waals surface area (Å²) in [6.07, 6.45) is 0. The fourth-order valence-corrected chi connectivity index (χ4v) is 2.17. The molecule has 1 atom stereocenters. The van der Waals surface area contributed by atoms with Crippen molar-refractivity contribution in [1.29, 1.82) is 0 Å². The number of benzene rings is 2. The van der Waals surface area contributed by atoms with Gasteiger partial charge in [-0.25, -0.2) is 4.39 Å². The lowest BCUT2D eigenvalue weighted by Gasteiger charge is -2.21. The number of anilines is 1. The van der Waals surface area contributed by atoms with Crippen LogP contribution in [0.3, 0.4) is 0 Å². The molecular formula is C16H19FN2O2. The number of hydrogen-bond donors (Lipinski definition) is 2. The van der Waals surface area contributed by atoms with Crippen molar-refractivity contribution >= 4 is 5.69 Å². The van der Waals surface area contributed by atoms with E-state index in [0.717, 1.165) is 17.0 Å². The van der Waals surface area contributed by atoms with Gasteiger partial charge < -0.3 is 20.5 Å². The van der Waals surface area contributed by atoms with Crippen molar-refractivity contribution in [2.75, 3.05) is 26.1 Å². The van der Waals surface area contributed by atoms with E-state index in [1.54, 1.807) is 19.2 Å². The topological polar surface area (TPSA) is 56.5 Å². The van der Waals surface area contributed by atoms with Crippen LogP contribution in [0, 0.1) is 5.82 Å². The zero-order chi connectivity index (χ0) is 15.2. The molecule has 0 spiro atoms. The minimum Gasteiger partial charge on any atom is -0.496 e. The van der Waals surface area contributed by atoms with Crippen LogP contribution in [0.4, 0.5) is 10.1 Å². The molecule has 0 heterocycles. The Morgan fingerprint density at radius 3 is 2.48 bits per heavy atom. The predicted octanol–water partition coefficient (Wildman–Crippen LogP) is 2.95. The number of halogens is 1. The summed E-state index contributed by atoms with van der Waals surface area (Å²) in [4.78, 5) is 0. The summed E-state index contributed by atoms with van der Waals surface area (Å²) in [7, 11) is 3.05. The van der Waals surface area contributed by atoms with Gasteiger partial charge in [0.05, 0.1) is 20.3 Å². The zero-order valence-corrected chi connectivity index (χ0v) is 12.1. The number of hydrogen-bond acceptors (Lipinski definition) is 4. The van der Waals surface area contributed by atoms with Crippen LogP contribution in [-0.2, 0) is 0 Å². The van der Waals surface area contributed by atoms with Gasteiger partial charge in [-0.3, -0.25) is 0 Å². The Morgan fingerprint density at radius 1 is 1.10 bits per heavy atom. The molecule has 0 aliphatic carbocycles. The van der Waals surface area contributed by atoms with Gasteiger partial charge in [0.1, 0.15) is 5.75 Å². The Bertz CT molecular complexity index is 605. The number of nitrogens with one attached hydrogen (secondary N) is 1. The maximum atomic E-state index is 13.4. The Labute approximate surface area is 123 Å². The highest BCUT2D eigenvalue weighted by Crippen LogP contribution is 2.29. The van der Waals surface area contributed by atoms with Gasteiger partial charge in [0.2, 0.25) is 0 Å². The van der Waals surface area contributed by atoms with E-state index in [0.29, 0.717) is 6.54 Å². The predicted molar refractivity (Wildman–Crippen MR) is 81.4 cm³/mol. The minimum atomic E-state index is -0.398. The third kappa shape index (κ3) is 3.44. The van der Waals surface area contributed by atoms with E-state index in [1.807, 2.05) is 24.3 Å². The number of nitrogens with two attached hydrogens (primary N) is 1. The molecule has 0 radical (unpaired) electrons. The van der Waals surface area contributed by atoms with Crippen molar-refractivity contribution in [3.05, 3.63) is 53.8 Å². The largest absolute Gasteiger partial charge is 0.496 e. The van der Waals surface area contributed by atoms with Gasteiger partial charge in [-0.2, -0.15) is 0 Å². The summed E-state index contributed by atoms with van der Waals surface area (Å²) >= 11 is 0. The van der Waals surface area contributed by atoms with Gasteiger partial charge in [-0.05, 0) is 18.2 Å². The number of rotatable bonds is 6. The first-order chi connectivity index (χ1) is 10.2. The average molecular weight is 290 g/mol. The summed E-state index contributed by atoms with van der Waals surface area (Å²) in [5, 5.41) is 3.27. The van der Waals surface area contributed by atoms with E-state index in [9.17, 15) is 4.39 Å². The molecule has 4 nitrogen and oxygen atoms in total. The van der Waals surface area contributed by atoms with Crippen molar-refractivity contribution in [2.45, 2.75) is 6.04 Å². The lowest BCUT2D eigenvalue weighted by Crippen LogP contribution is -2.21. The molecule has 2 aromatic carbocycles. The average Bonchev–Trinajstić information content (AvgIpc) is 2.54. The molecule has 0 bridgehead atoms. The zero-order valence-electron chi connectivity index (χ0n) is 12.1. The third-order valence-corrected chi connectivity index (χ3v) is 3.24. The molecule has 0 aromatic heterocycles. The number of methoxy groups -OCH3 is 2. The van der Waals surface area contributed by atoms with Crippen LogP contribution < -0.4 is 20.5 Å². The first-order valence-corrected chi connectivity index (χ1v) is 6.62. The van der Waals surface area contributed by atoms with E-state index in [-0.39, 0.29) is 11.8 Å². The van der Waals surface area contributed by atoms with Gasteiger partial charge in [0.25, 0.3) is 0 Å². The van der Waals surface area contributed by atoms with Crippen molar-refractivity contribution in [2.24, 2.45) is 5.73 Å². The van der Waals surface area contributed by atoms with E-state index in [1.165, 1.54) is 13.2 Å². The van der Waals surface area contributed by atoms with Gasteiger partial charge in [0, 0.05) is 23.9 Å². The van der Waals surface area contributed by atoms with Crippen LogP contribution in [0.15, 0.2) is 42.5 Å². The van der Waals surface area contributed by atoms with Gasteiger partial charge >= 0.3 is 0 Å². The van der Waals surface area contributed by atoms with Gasteiger partial charge in [0.15, 0.2) is 11.6 Å². The maximum Gasteiger partial charge on any atom is 0.165 e. The molecular weight excluding hydrogens is 271 g/mol. The summed E-state index contributed by atoms with van der Waals surface area (Å²) in [5.41, 5.74) is 7.53. The standard InChI is InChI=1S/C16H19FN2O2/c1-20-15-6-4-3-5-12(15)14(10-18)19-11-7-8-13(17)16(9-11)21-2/h3-9,14,19H,10,18H2,1-2H3. The lowest BCUT2D eigenvalue weighted by atomic mass is 10.1. The minimum absolute atomic E-state index is 0.142. The number of para-hydroxylation sites is 1. The fourth-order valence-electron chi connectivity index (χ4n) is 2.17. The van der Waals surface area contributed by atoms with Gasteiger partial charge in [-0.1, -0.05) is 18.2 Å². The Balaban J connectivity index is 2.27. The van der Waals surface area contributed by atoms with Crippen molar-refractivity contribution in [3.8, 4) is 11.5 Å². The monoisotopic (exact) mass is 290 g/mol. The first-order valence-electron chi connectivity index (χ1n) is 6.62. The summed E-state index contributed by atoms with van der Waals surface area (Å²) in [6.45, 7) is 0.375. The third-order valence-electron chi connectivity index (χ3n) is 3.24. The molecule has 0 amide bonds. The second-order valence-electron chi connectivity index (χ2n) is 4.52. The Hall–Kier alpha value is -2.27. The first kappa shape index (κ1) is 15.1. The van der Waals surface area contributed by atoms with Gasteiger partial charge in [-0.15, -0.1) is 0 Å². The van der Waals surface area contributed by atoms with Crippen LogP contribution in [0.25, 0.3) is 0 Å². The van der Waals surface area contributed by atoms with Crippen molar-refractivity contribution in [1.82, 2.24) is 0 Å². The second kappa shape index (κ2) is 6.95. The molecule has 2 rings (SSSR count). The van der Waals surface area contributed by atoms with E-state index in [4.69, 9.17) is 15.2 Å². The van der Waals surface area contributed by atoms with E-state index < -0.39 is 5.82 Å². The van der Waals surface area contributed by atoms with Crippen LogP contribution in [-0.4, -0.2) is 20.8 Å². The molecule has 1 unspecified atom stereocenters. The highest BCUT2D eigenvalue weighted by molar-refractivity contribution is 5.52. The molecule has 0 fully saturated rings. The normalized spacial score (nSPS) is 11.8. The van der Waals surface area contributed by atoms with Crippen LogP contribution in [0.2, 0.25) is 0 Å². The van der Waals surface area contributed by atoms with E-state index in [2.05, 4.69) is 5.32 Å². The molecule has 5 heteroatoms. The molecule has 0 aliphatic heterocycles. The summed E-state index contributed by atoms with van der Waals surface area (Å²) in [5.74, 6) is 0.551. The molecule has 21 heavy (non-hydrogen) atoms. The molecule has 112 valence electrons. The molecule has 2 aromatic rings. The van der Waals surface area contributed by atoms with E-state index >= 15 is 0 Å². The summed E-state index contributed by atoms with van der Waals surface area (Å²) in [6, 6.07) is 12.1. The Kier molecular flexibility index (Phi) is 5.00. The highest BCUT2D eigenvalue weighted by atomic mass is 19.1.